The van der Waals surface area contributed by atoms with Gasteiger partial charge in [0.25, 0.3) is 0 Å². The molecular formula is C9H9F3N4S. The van der Waals surface area contributed by atoms with Crippen LogP contribution in [0.3, 0.4) is 0 Å². The molecule has 0 unspecified atom stereocenters. The van der Waals surface area contributed by atoms with Crippen molar-refractivity contribution in [3.63, 3.8) is 0 Å². The van der Waals surface area contributed by atoms with Gasteiger partial charge in [0.05, 0.1) is 12.7 Å². The number of hydrogen-bond acceptors (Lipinski definition) is 4. The van der Waals surface area contributed by atoms with Crippen LogP contribution in [0.5, 0.6) is 0 Å². The van der Waals surface area contributed by atoms with E-state index >= 15 is 0 Å². The van der Waals surface area contributed by atoms with Gasteiger partial charge in [-0.25, -0.2) is 4.98 Å². The zero-order valence-corrected chi connectivity index (χ0v) is 9.42. The first-order chi connectivity index (χ1) is 8.05. The molecule has 0 spiro atoms. The van der Waals surface area contributed by atoms with Crippen molar-refractivity contribution in [3.05, 3.63) is 29.5 Å². The highest BCUT2D eigenvalue weighted by Crippen LogP contribution is 2.34. The lowest BCUT2D eigenvalue weighted by atomic mass is 10.5. The third-order valence-electron chi connectivity index (χ3n) is 1.96. The van der Waals surface area contributed by atoms with E-state index in [0.29, 0.717) is 24.4 Å². The Hall–Kier alpha value is -1.57. The van der Waals surface area contributed by atoms with Gasteiger partial charge in [0.2, 0.25) is 0 Å². The quantitative estimate of drug-likeness (QED) is 0.920. The Morgan fingerprint density at radius 1 is 1.41 bits per heavy atom. The van der Waals surface area contributed by atoms with Crippen LogP contribution in [-0.2, 0) is 12.7 Å². The minimum absolute atomic E-state index is 0.268. The fraction of sp³-hybridized carbons (Fsp3) is 0.333. The van der Waals surface area contributed by atoms with Crippen molar-refractivity contribution in [2.75, 3.05) is 11.9 Å². The van der Waals surface area contributed by atoms with Crippen LogP contribution in [-0.4, -0.2) is 21.3 Å². The highest BCUT2D eigenvalue weighted by atomic mass is 32.1. The zero-order chi connectivity index (χ0) is 12.3. The van der Waals surface area contributed by atoms with Gasteiger partial charge in [-0.05, 0) is 6.07 Å². The molecule has 0 saturated carbocycles. The molecule has 17 heavy (non-hydrogen) atoms. The minimum atomic E-state index is -4.32. The van der Waals surface area contributed by atoms with E-state index in [0.717, 1.165) is 6.20 Å². The van der Waals surface area contributed by atoms with Crippen molar-refractivity contribution in [3.8, 4) is 0 Å². The Labute approximate surface area is 99.1 Å². The highest BCUT2D eigenvalue weighted by molar-refractivity contribution is 7.15. The maximum Gasteiger partial charge on any atom is 0.427 e. The Balaban J connectivity index is 1.85. The van der Waals surface area contributed by atoms with E-state index in [-0.39, 0.29) is 5.13 Å². The summed E-state index contributed by atoms with van der Waals surface area (Å²) in [4.78, 5) is 2.96. The third kappa shape index (κ3) is 3.19. The summed E-state index contributed by atoms with van der Waals surface area (Å²) in [6, 6.07) is 1.78. The fourth-order valence-corrected chi connectivity index (χ4v) is 1.91. The van der Waals surface area contributed by atoms with Crippen molar-refractivity contribution in [2.45, 2.75) is 12.7 Å². The Morgan fingerprint density at radius 3 is 2.82 bits per heavy atom. The van der Waals surface area contributed by atoms with Crippen LogP contribution in [0.1, 0.15) is 4.88 Å². The lowest BCUT2D eigenvalue weighted by molar-refractivity contribution is -0.134. The number of rotatable bonds is 4. The molecule has 2 aromatic heterocycles. The van der Waals surface area contributed by atoms with Crippen molar-refractivity contribution < 1.29 is 13.2 Å². The Bertz CT molecular complexity index is 463. The summed E-state index contributed by atoms with van der Waals surface area (Å²) >= 11 is 0.600. The van der Waals surface area contributed by atoms with E-state index in [4.69, 9.17) is 0 Å². The number of nitrogens with one attached hydrogen (secondary N) is 1. The number of hydrogen-bond donors (Lipinski definition) is 1. The molecular weight excluding hydrogens is 253 g/mol. The molecule has 0 aliphatic rings. The van der Waals surface area contributed by atoms with Crippen LogP contribution >= 0.6 is 11.3 Å². The summed E-state index contributed by atoms with van der Waals surface area (Å²) in [5.41, 5.74) is 0. The van der Waals surface area contributed by atoms with Gasteiger partial charge in [0.1, 0.15) is 4.88 Å². The van der Waals surface area contributed by atoms with Crippen LogP contribution in [0.4, 0.5) is 18.3 Å². The Kier molecular flexibility index (Phi) is 3.32. The molecule has 0 amide bonds. The van der Waals surface area contributed by atoms with Gasteiger partial charge in [0.15, 0.2) is 5.13 Å². The molecule has 0 fully saturated rings. The second kappa shape index (κ2) is 4.74. The second-order valence-corrected chi connectivity index (χ2v) is 4.25. The Morgan fingerprint density at radius 2 is 2.24 bits per heavy atom. The number of aromatic nitrogens is 3. The second-order valence-electron chi connectivity index (χ2n) is 3.22. The molecule has 0 aliphatic heterocycles. The molecule has 8 heteroatoms. The van der Waals surface area contributed by atoms with Crippen molar-refractivity contribution in [1.82, 2.24) is 14.8 Å². The average molecular weight is 262 g/mol. The first kappa shape index (κ1) is 11.9. The molecule has 92 valence electrons. The smallest absolute Gasteiger partial charge is 0.360 e. The van der Waals surface area contributed by atoms with Crippen LogP contribution in [0, 0.1) is 0 Å². The first-order valence-electron chi connectivity index (χ1n) is 4.80. The standard InChI is InChI=1S/C9H9F3N4S/c10-9(11,12)7-6-14-8(17-7)13-3-5-16-4-1-2-15-16/h1-2,4,6H,3,5H2,(H,13,14). The third-order valence-corrected chi connectivity index (χ3v) is 2.96. The topological polar surface area (TPSA) is 42.7 Å². The van der Waals surface area contributed by atoms with Crippen LogP contribution in [0.15, 0.2) is 24.7 Å². The van der Waals surface area contributed by atoms with Gasteiger partial charge in [-0.15, -0.1) is 0 Å². The van der Waals surface area contributed by atoms with Gasteiger partial charge in [-0.3, -0.25) is 4.68 Å². The monoisotopic (exact) mass is 262 g/mol. The number of thiazole rings is 1. The van der Waals surface area contributed by atoms with Gasteiger partial charge >= 0.3 is 6.18 Å². The maximum absolute atomic E-state index is 12.3. The summed E-state index contributed by atoms with van der Waals surface area (Å²) in [5, 5.41) is 7.06. The predicted molar refractivity (Wildman–Crippen MR) is 57.8 cm³/mol. The molecule has 1 N–H and O–H groups in total. The molecule has 0 bridgehead atoms. The van der Waals surface area contributed by atoms with E-state index < -0.39 is 11.1 Å². The molecule has 2 aromatic rings. The zero-order valence-electron chi connectivity index (χ0n) is 8.61. The summed E-state index contributed by atoms with van der Waals surface area (Å²) in [7, 11) is 0. The number of nitrogens with zero attached hydrogens (tertiary/aromatic N) is 3. The lowest BCUT2D eigenvalue weighted by Gasteiger charge is -2.03. The predicted octanol–water partition coefficient (Wildman–Crippen LogP) is 2.47. The summed E-state index contributed by atoms with van der Waals surface area (Å²) < 4.78 is 38.5. The van der Waals surface area contributed by atoms with Gasteiger partial charge in [0, 0.05) is 18.9 Å². The fourth-order valence-electron chi connectivity index (χ4n) is 1.20. The normalized spacial score (nSPS) is 11.7. The molecule has 0 aliphatic carbocycles. The largest absolute Gasteiger partial charge is 0.427 e. The highest BCUT2D eigenvalue weighted by Gasteiger charge is 2.33. The van der Waals surface area contributed by atoms with Gasteiger partial charge < -0.3 is 5.32 Å². The van der Waals surface area contributed by atoms with E-state index in [1.54, 1.807) is 23.1 Å². The van der Waals surface area contributed by atoms with E-state index in [9.17, 15) is 13.2 Å². The van der Waals surface area contributed by atoms with Crippen molar-refractivity contribution in [1.29, 1.82) is 0 Å². The molecule has 0 radical (unpaired) electrons. The molecule has 4 nitrogen and oxygen atoms in total. The van der Waals surface area contributed by atoms with Crippen molar-refractivity contribution in [2.24, 2.45) is 0 Å². The number of alkyl halides is 3. The van der Waals surface area contributed by atoms with Gasteiger partial charge in [-0.2, -0.15) is 18.3 Å². The van der Waals surface area contributed by atoms with E-state index in [1.165, 1.54) is 0 Å². The van der Waals surface area contributed by atoms with Crippen LogP contribution in [0.2, 0.25) is 0 Å². The van der Waals surface area contributed by atoms with E-state index in [1.807, 2.05) is 0 Å². The minimum Gasteiger partial charge on any atom is -0.360 e. The molecule has 2 rings (SSSR count). The summed E-state index contributed by atoms with van der Waals surface area (Å²) in [6.45, 7) is 1.06. The molecule has 0 saturated heterocycles. The SMILES string of the molecule is FC(F)(F)c1cnc(NCCn2cccn2)s1. The van der Waals surface area contributed by atoms with Crippen LogP contribution in [0.25, 0.3) is 0 Å². The van der Waals surface area contributed by atoms with E-state index in [2.05, 4.69) is 15.4 Å². The van der Waals surface area contributed by atoms with Crippen LogP contribution < -0.4 is 5.32 Å². The van der Waals surface area contributed by atoms with Gasteiger partial charge in [-0.1, -0.05) is 11.3 Å². The number of halogens is 3. The summed E-state index contributed by atoms with van der Waals surface area (Å²) in [6.07, 6.45) is -0.0592. The maximum atomic E-state index is 12.3. The molecule has 2 heterocycles. The van der Waals surface area contributed by atoms with Crippen molar-refractivity contribution >= 4 is 16.5 Å². The lowest BCUT2D eigenvalue weighted by Crippen LogP contribution is -2.10. The average Bonchev–Trinajstić information content (AvgIpc) is 2.86. The molecule has 0 atom stereocenters. The summed E-state index contributed by atoms with van der Waals surface area (Å²) in [5.74, 6) is 0. The molecule has 0 aromatic carbocycles. The number of anilines is 1. The first-order valence-corrected chi connectivity index (χ1v) is 5.62.